The fourth-order valence-corrected chi connectivity index (χ4v) is 2.02. The van der Waals surface area contributed by atoms with Gasteiger partial charge in [-0.05, 0) is 12.0 Å². The van der Waals surface area contributed by atoms with Crippen LogP contribution in [-0.4, -0.2) is 25.3 Å². The van der Waals surface area contributed by atoms with E-state index in [1.807, 2.05) is 18.2 Å². The molecule has 0 amide bonds. The molecule has 3 aromatic rings. The largest absolute Gasteiger partial charge is 0.338 e. The molecule has 0 saturated carbocycles. The van der Waals surface area contributed by atoms with Gasteiger partial charge in [0.05, 0.1) is 5.92 Å². The van der Waals surface area contributed by atoms with Crippen molar-refractivity contribution in [2.45, 2.75) is 19.3 Å². The molecule has 0 spiro atoms. The Kier molecular flexibility index (Phi) is 3.06. The summed E-state index contributed by atoms with van der Waals surface area (Å²) >= 11 is 0. The first-order valence-corrected chi connectivity index (χ1v) is 6.12. The summed E-state index contributed by atoms with van der Waals surface area (Å²) in [5, 5.41) is 10.4. The van der Waals surface area contributed by atoms with Crippen molar-refractivity contribution in [1.29, 1.82) is 0 Å². The number of benzene rings is 1. The molecule has 0 fully saturated rings. The van der Waals surface area contributed by atoms with Gasteiger partial charge in [-0.15, -0.1) is 0 Å². The van der Waals surface area contributed by atoms with E-state index in [1.165, 1.54) is 6.33 Å². The topological polar surface area (TPSA) is 80.5 Å². The maximum Gasteiger partial charge on any atom is 0.239 e. The zero-order valence-electron chi connectivity index (χ0n) is 10.4. The average molecular weight is 255 g/mol. The van der Waals surface area contributed by atoms with E-state index in [-0.39, 0.29) is 5.92 Å². The third kappa shape index (κ3) is 2.24. The molecule has 0 saturated heterocycles. The minimum Gasteiger partial charge on any atom is -0.338 e. The number of hydrogen-bond acceptors (Lipinski definition) is 5. The molecule has 1 atom stereocenters. The molecular formula is C13H13N5O. The van der Waals surface area contributed by atoms with Crippen LogP contribution in [0.5, 0.6) is 0 Å². The van der Waals surface area contributed by atoms with Crippen molar-refractivity contribution in [3.8, 4) is 11.6 Å². The van der Waals surface area contributed by atoms with Crippen LogP contribution in [0.1, 0.15) is 30.7 Å². The fraction of sp³-hybridized carbons (Fsp3) is 0.231. The zero-order chi connectivity index (χ0) is 13.1. The van der Waals surface area contributed by atoms with Crippen LogP contribution >= 0.6 is 0 Å². The molecule has 0 radical (unpaired) electrons. The van der Waals surface area contributed by atoms with Crippen molar-refractivity contribution in [3.63, 3.8) is 0 Å². The fourth-order valence-electron chi connectivity index (χ4n) is 2.02. The SMILES string of the molecule is CCC(c1ccccc1)c1nc(-c2ncn[nH]2)no1. The number of rotatable bonds is 4. The third-order valence-corrected chi connectivity index (χ3v) is 2.98. The normalized spacial score (nSPS) is 12.5. The number of aromatic nitrogens is 5. The van der Waals surface area contributed by atoms with E-state index in [2.05, 4.69) is 44.4 Å². The van der Waals surface area contributed by atoms with Crippen LogP contribution in [0, 0.1) is 0 Å². The van der Waals surface area contributed by atoms with Crippen molar-refractivity contribution in [2.75, 3.05) is 0 Å². The second-order valence-electron chi connectivity index (χ2n) is 4.16. The second-order valence-corrected chi connectivity index (χ2v) is 4.16. The standard InChI is InChI=1S/C13H13N5O/c1-2-10(9-6-4-3-5-7-9)13-16-12(18-19-13)11-14-8-15-17-11/h3-8,10H,2H2,1H3,(H,14,15,17). The van der Waals surface area contributed by atoms with Crippen molar-refractivity contribution in [1.82, 2.24) is 25.3 Å². The van der Waals surface area contributed by atoms with Crippen LogP contribution in [0.3, 0.4) is 0 Å². The molecule has 0 aliphatic carbocycles. The Bertz CT molecular complexity index is 632. The summed E-state index contributed by atoms with van der Waals surface area (Å²) < 4.78 is 5.35. The first-order chi connectivity index (χ1) is 9.38. The summed E-state index contributed by atoms with van der Waals surface area (Å²) in [6.07, 6.45) is 2.31. The maximum atomic E-state index is 5.35. The van der Waals surface area contributed by atoms with Gasteiger partial charge in [0.1, 0.15) is 6.33 Å². The minimum absolute atomic E-state index is 0.102. The predicted molar refractivity (Wildman–Crippen MR) is 68.3 cm³/mol. The molecule has 1 N–H and O–H groups in total. The van der Waals surface area contributed by atoms with Crippen molar-refractivity contribution in [2.24, 2.45) is 0 Å². The first kappa shape index (κ1) is 11.6. The van der Waals surface area contributed by atoms with Gasteiger partial charge in [0.25, 0.3) is 0 Å². The van der Waals surface area contributed by atoms with Gasteiger partial charge in [0.15, 0.2) is 5.82 Å². The third-order valence-electron chi connectivity index (χ3n) is 2.98. The minimum atomic E-state index is 0.102. The van der Waals surface area contributed by atoms with Gasteiger partial charge in [-0.3, -0.25) is 5.10 Å². The molecule has 96 valence electrons. The van der Waals surface area contributed by atoms with Gasteiger partial charge in [0, 0.05) is 0 Å². The van der Waals surface area contributed by atoms with Gasteiger partial charge in [-0.2, -0.15) is 10.1 Å². The van der Waals surface area contributed by atoms with Crippen molar-refractivity contribution >= 4 is 0 Å². The predicted octanol–water partition coefficient (Wildman–Crippen LogP) is 2.40. The first-order valence-electron chi connectivity index (χ1n) is 6.12. The van der Waals surface area contributed by atoms with Crippen LogP contribution < -0.4 is 0 Å². The van der Waals surface area contributed by atoms with E-state index >= 15 is 0 Å². The molecule has 6 nitrogen and oxygen atoms in total. The number of H-pyrrole nitrogens is 1. The van der Waals surface area contributed by atoms with Gasteiger partial charge >= 0.3 is 0 Å². The Labute approximate surface area is 109 Å². The van der Waals surface area contributed by atoms with Crippen molar-refractivity contribution in [3.05, 3.63) is 48.1 Å². The lowest BCUT2D eigenvalue weighted by Crippen LogP contribution is -1.99. The lowest BCUT2D eigenvalue weighted by Gasteiger charge is -2.09. The quantitative estimate of drug-likeness (QED) is 0.774. The van der Waals surface area contributed by atoms with Crippen molar-refractivity contribution < 1.29 is 4.52 Å². The maximum absolute atomic E-state index is 5.35. The van der Waals surface area contributed by atoms with E-state index in [1.54, 1.807) is 0 Å². The Morgan fingerprint density at radius 3 is 2.79 bits per heavy atom. The van der Waals surface area contributed by atoms with E-state index in [0.29, 0.717) is 17.5 Å². The summed E-state index contributed by atoms with van der Waals surface area (Å²) in [6, 6.07) is 10.1. The lowest BCUT2D eigenvalue weighted by atomic mass is 9.96. The molecule has 0 aliphatic heterocycles. The van der Waals surface area contributed by atoms with Crippen LogP contribution in [0.15, 0.2) is 41.2 Å². The highest BCUT2D eigenvalue weighted by atomic mass is 16.5. The highest BCUT2D eigenvalue weighted by Crippen LogP contribution is 2.27. The summed E-state index contributed by atoms with van der Waals surface area (Å²) in [7, 11) is 0. The summed E-state index contributed by atoms with van der Waals surface area (Å²) in [5.74, 6) is 1.64. The van der Waals surface area contributed by atoms with Gasteiger partial charge < -0.3 is 4.52 Å². The Hall–Kier alpha value is -2.50. The summed E-state index contributed by atoms with van der Waals surface area (Å²) in [6.45, 7) is 2.09. The number of nitrogens with zero attached hydrogens (tertiary/aromatic N) is 4. The smallest absolute Gasteiger partial charge is 0.239 e. The molecule has 6 heteroatoms. The lowest BCUT2D eigenvalue weighted by molar-refractivity contribution is 0.363. The average Bonchev–Trinajstić information content (AvgIpc) is 3.11. The monoisotopic (exact) mass is 255 g/mol. The van der Waals surface area contributed by atoms with Crippen LogP contribution in [-0.2, 0) is 0 Å². The summed E-state index contributed by atoms with van der Waals surface area (Å²) in [4.78, 5) is 8.39. The van der Waals surface area contributed by atoms with E-state index in [9.17, 15) is 0 Å². The molecule has 2 aromatic heterocycles. The molecule has 0 aliphatic rings. The Balaban J connectivity index is 1.93. The van der Waals surface area contributed by atoms with Crippen LogP contribution in [0.25, 0.3) is 11.6 Å². The zero-order valence-corrected chi connectivity index (χ0v) is 10.4. The molecular weight excluding hydrogens is 242 g/mol. The highest BCUT2D eigenvalue weighted by molar-refractivity contribution is 5.40. The molecule has 1 aromatic carbocycles. The van der Waals surface area contributed by atoms with Gasteiger partial charge in [0.2, 0.25) is 11.7 Å². The molecule has 2 heterocycles. The highest BCUT2D eigenvalue weighted by Gasteiger charge is 2.20. The second kappa shape index (κ2) is 5.01. The molecule has 0 bridgehead atoms. The van der Waals surface area contributed by atoms with E-state index < -0.39 is 0 Å². The molecule has 1 unspecified atom stereocenters. The molecule has 19 heavy (non-hydrogen) atoms. The van der Waals surface area contributed by atoms with Crippen LogP contribution in [0.2, 0.25) is 0 Å². The summed E-state index contributed by atoms with van der Waals surface area (Å²) in [5.41, 5.74) is 1.16. The number of nitrogens with one attached hydrogen (secondary N) is 1. The molecule has 3 rings (SSSR count). The van der Waals surface area contributed by atoms with E-state index in [4.69, 9.17) is 4.52 Å². The van der Waals surface area contributed by atoms with Gasteiger partial charge in [-0.1, -0.05) is 42.4 Å². The van der Waals surface area contributed by atoms with E-state index in [0.717, 1.165) is 12.0 Å². The Morgan fingerprint density at radius 2 is 2.11 bits per heavy atom. The number of aromatic amines is 1. The Morgan fingerprint density at radius 1 is 1.26 bits per heavy atom. The number of hydrogen-bond donors (Lipinski definition) is 1. The van der Waals surface area contributed by atoms with Crippen LogP contribution in [0.4, 0.5) is 0 Å². The van der Waals surface area contributed by atoms with Gasteiger partial charge in [-0.25, -0.2) is 4.98 Å².